The first-order chi connectivity index (χ1) is 10.0. The van der Waals surface area contributed by atoms with Crippen LogP contribution < -0.4 is 15.5 Å². The van der Waals surface area contributed by atoms with Crippen molar-refractivity contribution in [2.75, 3.05) is 35.7 Å². The number of anilines is 3. The minimum atomic E-state index is 0.303. The zero-order valence-electron chi connectivity index (χ0n) is 13.7. The molecule has 1 fully saturated rings. The van der Waals surface area contributed by atoms with Gasteiger partial charge in [-0.25, -0.2) is 0 Å². The van der Waals surface area contributed by atoms with E-state index in [9.17, 15) is 0 Å². The van der Waals surface area contributed by atoms with Crippen LogP contribution in [0.15, 0.2) is 0 Å². The van der Waals surface area contributed by atoms with Crippen LogP contribution in [0.25, 0.3) is 0 Å². The normalized spacial score (nSPS) is 22.1. The Morgan fingerprint density at radius 1 is 1.10 bits per heavy atom. The summed E-state index contributed by atoms with van der Waals surface area (Å²) >= 11 is 0. The molecule has 1 heterocycles. The van der Waals surface area contributed by atoms with Crippen LogP contribution in [0, 0.1) is 5.92 Å². The molecule has 1 aromatic heterocycles. The summed E-state index contributed by atoms with van der Waals surface area (Å²) in [5, 5.41) is 0. The molecule has 1 saturated carbocycles. The van der Waals surface area contributed by atoms with E-state index in [4.69, 9.17) is 5.73 Å². The molecule has 0 aliphatic heterocycles. The maximum Gasteiger partial charge on any atom is 0.231 e. The highest BCUT2D eigenvalue weighted by Crippen LogP contribution is 2.28. The average molecular weight is 292 g/mol. The molecule has 2 atom stereocenters. The Kier molecular flexibility index (Phi) is 5.20. The summed E-state index contributed by atoms with van der Waals surface area (Å²) in [7, 11) is 2.07. The molecule has 118 valence electrons. The third-order valence-electron chi connectivity index (χ3n) is 4.45. The van der Waals surface area contributed by atoms with Crippen LogP contribution in [0.3, 0.4) is 0 Å². The minimum absolute atomic E-state index is 0.303. The van der Waals surface area contributed by atoms with E-state index in [1.807, 2.05) is 0 Å². The highest BCUT2D eigenvalue weighted by molar-refractivity contribution is 5.43. The maximum atomic E-state index is 5.89. The summed E-state index contributed by atoms with van der Waals surface area (Å²) < 4.78 is 0. The van der Waals surface area contributed by atoms with Gasteiger partial charge in [0.15, 0.2) is 0 Å². The molecule has 0 spiro atoms. The third kappa shape index (κ3) is 3.74. The Bertz CT molecular complexity index is 459. The van der Waals surface area contributed by atoms with E-state index in [1.54, 1.807) is 0 Å². The van der Waals surface area contributed by atoms with Gasteiger partial charge in [-0.1, -0.05) is 19.8 Å². The van der Waals surface area contributed by atoms with Crippen LogP contribution in [-0.4, -0.2) is 41.1 Å². The molecule has 0 radical (unpaired) electrons. The number of nitrogen functional groups attached to an aromatic ring is 1. The molecule has 1 aromatic rings. The van der Waals surface area contributed by atoms with Crippen molar-refractivity contribution in [3.05, 3.63) is 0 Å². The monoisotopic (exact) mass is 292 g/mol. The fraction of sp³-hybridized carbons (Fsp3) is 0.800. The van der Waals surface area contributed by atoms with Crippen molar-refractivity contribution in [1.82, 2.24) is 15.0 Å². The summed E-state index contributed by atoms with van der Waals surface area (Å²) in [6.07, 6.45) is 5.00. The van der Waals surface area contributed by atoms with E-state index in [0.717, 1.165) is 19.0 Å². The van der Waals surface area contributed by atoms with Gasteiger partial charge in [0.25, 0.3) is 0 Å². The lowest BCUT2D eigenvalue weighted by atomic mass is 9.86. The van der Waals surface area contributed by atoms with Gasteiger partial charge < -0.3 is 15.5 Å². The molecule has 0 saturated heterocycles. The van der Waals surface area contributed by atoms with Crippen LogP contribution in [0.2, 0.25) is 0 Å². The van der Waals surface area contributed by atoms with Gasteiger partial charge in [-0.2, -0.15) is 15.0 Å². The molecular formula is C15H28N6. The lowest BCUT2D eigenvalue weighted by Crippen LogP contribution is -2.37. The lowest BCUT2D eigenvalue weighted by molar-refractivity contribution is 0.334. The predicted molar refractivity (Wildman–Crippen MR) is 87.6 cm³/mol. The standard InChI is InChI=1S/C15H28N6/c1-5-21(6-2)15-18-13(16)17-14(19-15)20(4)12-9-7-8-11(3)10-12/h11-12H,5-10H2,1-4H3,(H2,16,17,18,19). The molecule has 0 amide bonds. The van der Waals surface area contributed by atoms with E-state index >= 15 is 0 Å². The van der Waals surface area contributed by atoms with Crippen molar-refractivity contribution in [2.45, 2.75) is 52.5 Å². The lowest BCUT2D eigenvalue weighted by Gasteiger charge is -2.34. The van der Waals surface area contributed by atoms with Crippen molar-refractivity contribution >= 4 is 17.8 Å². The molecule has 1 aliphatic rings. The molecule has 6 heteroatoms. The van der Waals surface area contributed by atoms with Gasteiger partial charge >= 0.3 is 0 Å². The zero-order valence-corrected chi connectivity index (χ0v) is 13.7. The number of nitrogens with two attached hydrogens (primary N) is 1. The van der Waals surface area contributed by atoms with Crippen LogP contribution in [0.4, 0.5) is 17.8 Å². The van der Waals surface area contributed by atoms with E-state index < -0.39 is 0 Å². The summed E-state index contributed by atoms with van der Waals surface area (Å²) in [5.74, 6) is 2.45. The first-order valence-corrected chi connectivity index (χ1v) is 8.04. The molecule has 2 rings (SSSR count). The van der Waals surface area contributed by atoms with Gasteiger partial charge in [-0.15, -0.1) is 0 Å². The highest BCUT2D eigenvalue weighted by atomic mass is 15.3. The second-order valence-electron chi connectivity index (χ2n) is 6.00. The summed E-state index contributed by atoms with van der Waals surface area (Å²) in [5.41, 5.74) is 5.89. The first kappa shape index (κ1) is 15.8. The Morgan fingerprint density at radius 3 is 2.38 bits per heavy atom. The predicted octanol–water partition coefficient (Wildman–Crippen LogP) is 2.31. The first-order valence-electron chi connectivity index (χ1n) is 8.04. The topological polar surface area (TPSA) is 71.2 Å². The second kappa shape index (κ2) is 6.91. The SMILES string of the molecule is CCN(CC)c1nc(N)nc(N(C)C2CCCC(C)C2)n1. The Labute approximate surface area is 127 Å². The highest BCUT2D eigenvalue weighted by Gasteiger charge is 2.25. The van der Waals surface area contributed by atoms with Gasteiger partial charge in [0.1, 0.15) is 0 Å². The van der Waals surface area contributed by atoms with Crippen molar-refractivity contribution in [1.29, 1.82) is 0 Å². The number of rotatable bonds is 5. The fourth-order valence-corrected chi connectivity index (χ4v) is 3.09. The number of hydrogen-bond donors (Lipinski definition) is 1. The Morgan fingerprint density at radius 2 is 1.76 bits per heavy atom. The van der Waals surface area contributed by atoms with E-state index in [1.165, 1.54) is 25.7 Å². The Hall–Kier alpha value is -1.59. The molecule has 21 heavy (non-hydrogen) atoms. The number of nitrogens with zero attached hydrogens (tertiary/aromatic N) is 5. The zero-order chi connectivity index (χ0) is 15.4. The minimum Gasteiger partial charge on any atom is -0.368 e. The smallest absolute Gasteiger partial charge is 0.231 e. The van der Waals surface area contributed by atoms with Crippen molar-refractivity contribution in [3.8, 4) is 0 Å². The second-order valence-corrected chi connectivity index (χ2v) is 6.00. The van der Waals surface area contributed by atoms with Crippen molar-refractivity contribution < 1.29 is 0 Å². The number of hydrogen-bond acceptors (Lipinski definition) is 6. The van der Waals surface area contributed by atoms with Crippen LogP contribution >= 0.6 is 0 Å². The molecule has 2 N–H and O–H groups in total. The van der Waals surface area contributed by atoms with Gasteiger partial charge in [0.05, 0.1) is 0 Å². The maximum absolute atomic E-state index is 5.89. The molecule has 0 aromatic carbocycles. The number of aromatic nitrogens is 3. The van der Waals surface area contributed by atoms with Crippen molar-refractivity contribution in [2.24, 2.45) is 5.92 Å². The van der Waals surface area contributed by atoms with E-state index in [2.05, 4.69) is 52.6 Å². The fourth-order valence-electron chi connectivity index (χ4n) is 3.09. The van der Waals surface area contributed by atoms with E-state index in [-0.39, 0.29) is 0 Å². The molecule has 6 nitrogen and oxygen atoms in total. The molecule has 0 bridgehead atoms. The molecule has 2 unspecified atom stereocenters. The van der Waals surface area contributed by atoms with Gasteiger partial charge in [0, 0.05) is 26.2 Å². The third-order valence-corrected chi connectivity index (χ3v) is 4.45. The largest absolute Gasteiger partial charge is 0.368 e. The summed E-state index contributed by atoms with van der Waals surface area (Å²) in [6, 6.07) is 0.500. The Balaban J connectivity index is 2.22. The van der Waals surface area contributed by atoms with Crippen LogP contribution in [0.5, 0.6) is 0 Å². The molecular weight excluding hydrogens is 264 g/mol. The van der Waals surface area contributed by atoms with Gasteiger partial charge in [0.2, 0.25) is 17.8 Å². The van der Waals surface area contributed by atoms with Crippen LogP contribution in [0.1, 0.15) is 46.5 Å². The quantitative estimate of drug-likeness (QED) is 0.898. The summed E-state index contributed by atoms with van der Waals surface area (Å²) in [6.45, 7) is 8.24. The van der Waals surface area contributed by atoms with E-state index in [0.29, 0.717) is 23.9 Å². The van der Waals surface area contributed by atoms with Gasteiger partial charge in [-0.3, -0.25) is 0 Å². The van der Waals surface area contributed by atoms with Gasteiger partial charge in [-0.05, 0) is 32.6 Å². The average Bonchev–Trinajstić information content (AvgIpc) is 2.47. The summed E-state index contributed by atoms with van der Waals surface area (Å²) in [4.78, 5) is 17.5. The van der Waals surface area contributed by atoms with Crippen molar-refractivity contribution in [3.63, 3.8) is 0 Å². The van der Waals surface area contributed by atoms with Crippen LogP contribution in [-0.2, 0) is 0 Å². The molecule has 1 aliphatic carbocycles.